The van der Waals surface area contributed by atoms with Crippen LogP contribution < -0.4 is 9.72 Å². The average molecular weight is 362 g/mol. The van der Waals surface area contributed by atoms with Crippen LogP contribution in [0.2, 0.25) is 5.02 Å². The number of H-pyrrole nitrogens is 1. The van der Waals surface area contributed by atoms with Crippen LogP contribution in [0.3, 0.4) is 0 Å². The number of hydrogen-bond donors (Lipinski definition) is 2. The van der Waals surface area contributed by atoms with Crippen molar-refractivity contribution in [3.05, 3.63) is 70.2 Å². The summed E-state index contributed by atoms with van der Waals surface area (Å²) in [5, 5.41) is 14.0. The van der Waals surface area contributed by atoms with Gasteiger partial charge in [0.05, 0.1) is 5.69 Å². The number of nitriles is 1. The van der Waals surface area contributed by atoms with E-state index in [1.165, 1.54) is 0 Å². The summed E-state index contributed by atoms with van der Waals surface area (Å²) in [4.78, 5) is 3.40. The van der Waals surface area contributed by atoms with Crippen molar-refractivity contribution in [3.8, 4) is 6.07 Å². The van der Waals surface area contributed by atoms with E-state index in [-0.39, 0.29) is 0 Å². The number of nitrogens with one attached hydrogen (secondary N) is 2. The minimum atomic E-state index is 0.680. The number of benzene rings is 2. The molecule has 0 unspecified atom stereocenters. The highest BCUT2D eigenvalue weighted by Crippen LogP contribution is 2.28. The molecule has 0 radical (unpaired) electrons. The molecule has 5 heteroatoms. The van der Waals surface area contributed by atoms with Gasteiger partial charge in [-0.05, 0) is 55.3 Å². The number of imidazole rings is 1. The summed E-state index contributed by atoms with van der Waals surface area (Å²) in [5.74, 6) is 0.971. The topological polar surface area (TPSA) is 55.7 Å². The summed E-state index contributed by atoms with van der Waals surface area (Å²) in [7, 11) is 0. The fourth-order valence-corrected chi connectivity index (χ4v) is 3.62. The molecular formula is C21H18ClN4+. The Hall–Kier alpha value is -3.03. The van der Waals surface area contributed by atoms with Crippen LogP contribution in [-0.4, -0.2) is 4.98 Å². The third-order valence-electron chi connectivity index (χ3n) is 4.77. The Balaban J connectivity index is 2.09. The van der Waals surface area contributed by atoms with E-state index in [2.05, 4.69) is 33.8 Å². The van der Waals surface area contributed by atoms with Crippen molar-refractivity contribution in [2.45, 2.75) is 20.3 Å². The van der Waals surface area contributed by atoms with Gasteiger partial charge in [-0.25, -0.2) is 0 Å². The number of aromatic amines is 1. The highest BCUT2D eigenvalue weighted by atomic mass is 35.5. The van der Waals surface area contributed by atoms with Crippen LogP contribution in [-0.2, 0) is 6.42 Å². The van der Waals surface area contributed by atoms with Crippen LogP contribution in [0.15, 0.2) is 48.5 Å². The third kappa shape index (κ3) is 2.49. The van der Waals surface area contributed by atoms with E-state index in [9.17, 15) is 5.26 Å². The number of rotatable bonds is 3. The molecule has 0 saturated heterocycles. The van der Waals surface area contributed by atoms with Crippen LogP contribution in [0.5, 0.6) is 0 Å². The zero-order valence-corrected chi connectivity index (χ0v) is 15.4. The lowest BCUT2D eigenvalue weighted by molar-refractivity contribution is -0.465. The SMILES string of the molecule is CCc1c(C)c(C#N)c2[nH]c3ccccc3[n+]2c1Nc1ccc(Cl)cc1. The average Bonchev–Trinajstić information content (AvgIpc) is 3.03. The fourth-order valence-electron chi connectivity index (χ4n) is 3.50. The molecule has 0 fully saturated rings. The molecule has 0 atom stereocenters. The quantitative estimate of drug-likeness (QED) is 0.502. The van der Waals surface area contributed by atoms with Gasteiger partial charge < -0.3 is 0 Å². The number of halogens is 1. The molecule has 0 aliphatic heterocycles. The zero-order valence-electron chi connectivity index (χ0n) is 14.6. The second kappa shape index (κ2) is 6.36. The minimum absolute atomic E-state index is 0.680. The van der Waals surface area contributed by atoms with Crippen molar-refractivity contribution >= 4 is 39.8 Å². The Morgan fingerprint density at radius 1 is 1.15 bits per heavy atom. The van der Waals surface area contributed by atoms with Crippen molar-refractivity contribution in [3.63, 3.8) is 0 Å². The van der Waals surface area contributed by atoms with Gasteiger partial charge in [0.2, 0.25) is 11.5 Å². The van der Waals surface area contributed by atoms with Crippen molar-refractivity contribution in [2.24, 2.45) is 0 Å². The van der Waals surface area contributed by atoms with Crippen LogP contribution in [0.1, 0.15) is 23.6 Å². The lowest BCUT2D eigenvalue weighted by Crippen LogP contribution is -2.28. The molecule has 0 spiro atoms. The van der Waals surface area contributed by atoms with E-state index in [0.29, 0.717) is 10.6 Å². The summed E-state index contributed by atoms with van der Waals surface area (Å²) in [6.45, 7) is 4.12. The molecule has 2 aromatic carbocycles. The lowest BCUT2D eigenvalue weighted by atomic mass is 10.0. The first-order valence-corrected chi connectivity index (χ1v) is 8.92. The molecule has 2 heterocycles. The largest absolute Gasteiger partial charge is 0.273 e. The van der Waals surface area contributed by atoms with Crippen molar-refractivity contribution < 1.29 is 4.40 Å². The van der Waals surface area contributed by atoms with Gasteiger partial charge in [0.1, 0.15) is 22.7 Å². The van der Waals surface area contributed by atoms with Crippen molar-refractivity contribution in [1.29, 1.82) is 5.26 Å². The van der Waals surface area contributed by atoms with Gasteiger partial charge in [0.25, 0.3) is 0 Å². The molecule has 26 heavy (non-hydrogen) atoms. The van der Waals surface area contributed by atoms with Gasteiger partial charge in [0.15, 0.2) is 0 Å². The Morgan fingerprint density at radius 3 is 2.58 bits per heavy atom. The monoisotopic (exact) mass is 361 g/mol. The maximum atomic E-state index is 9.75. The van der Waals surface area contributed by atoms with Gasteiger partial charge in [0, 0.05) is 10.6 Å². The number of para-hydroxylation sites is 2. The number of aromatic nitrogens is 2. The minimum Gasteiger partial charge on any atom is -0.273 e. The van der Waals surface area contributed by atoms with Gasteiger partial charge in [-0.1, -0.05) is 30.7 Å². The molecule has 128 valence electrons. The molecule has 0 aliphatic rings. The first-order chi connectivity index (χ1) is 12.6. The van der Waals surface area contributed by atoms with Crippen LogP contribution >= 0.6 is 11.6 Å². The maximum Gasteiger partial charge on any atom is 0.250 e. The Bertz CT molecular complexity index is 1170. The standard InChI is InChI=1S/C21H17ClN4/c1-3-16-13(2)17(12-23)21-25-18-6-4-5-7-19(18)26(21)20(16)24-15-10-8-14(22)9-11-15/h4-11H,3H2,1-2H3,(H,24,25)/p+1. The molecule has 0 saturated carbocycles. The molecule has 4 rings (SSSR count). The summed E-state index contributed by atoms with van der Waals surface area (Å²) in [5.41, 5.74) is 6.59. The maximum absolute atomic E-state index is 9.75. The van der Waals surface area contributed by atoms with E-state index in [4.69, 9.17) is 11.6 Å². The Morgan fingerprint density at radius 2 is 1.88 bits per heavy atom. The molecule has 4 aromatic rings. The smallest absolute Gasteiger partial charge is 0.250 e. The molecular weight excluding hydrogens is 344 g/mol. The Kier molecular flexibility index (Phi) is 4.02. The molecule has 0 amide bonds. The van der Waals surface area contributed by atoms with E-state index >= 15 is 0 Å². The zero-order chi connectivity index (χ0) is 18.3. The van der Waals surface area contributed by atoms with E-state index in [1.807, 2.05) is 49.4 Å². The van der Waals surface area contributed by atoms with Gasteiger partial charge >= 0.3 is 0 Å². The van der Waals surface area contributed by atoms with E-state index in [0.717, 1.165) is 45.7 Å². The van der Waals surface area contributed by atoms with Crippen molar-refractivity contribution in [1.82, 2.24) is 4.98 Å². The first-order valence-electron chi connectivity index (χ1n) is 8.54. The lowest BCUT2D eigenvalue weighted by Gasteiger charge is -2.12. The number of pyridine rings is 1. The highest BCUT2D eigenvalue weighted by molar-refractivity contribution is 6.30. The summed E-state index contributed by atoms with van der Waals surface area (Å²) >= 11 is 6.02. The molecule has 4 nitrogen and oxygen atoms in total. The number of fused-ring (bicyclic) bond motifs is 3. The van der Waals surface area contributed by atoms with Crippen molar-refractivity contribution in [2.75, 3.05) is 5.32 Å². The third-order valence-corrected chi connectivity index (χ3v) is 5.02. The van der Waals surface area contributed by atoms with Crippen LogP contribution in [0.4, 0.5) is 11.5 Å². The number of nitrogens with zero attached hydrogens (tertiary/aromatic N) is 2. The molecule has 2 N–H and O–H groups in total. The summed E-state index contributed by atoms with van der Waals surface area (Å²) in [6, 6.07) is 18.1. The number of hydrogen-bond acceptors (Lipinski definition) is 2. The van der Waals surface area contributed by atoms with E-state index in [1.54, 1.807) is 0 Å². The highest BCUT2D eigenvalue weighted by Gasteiger charge is 2.25. The van der Waals surface area contributed by atoms with Gasteiger partial charge in [-0.3, -0.25) is 10.3 Å². The van der Waals surface area contributed by atoms with E-state index < -0.39 is 0 Å². The second-order valence-electron chi connectivity index (χ2n) is 6.25. The first kappa shape index (κ1) is 16.4. The molecule has 0 bridgehead atoms. The second-order valence-corrected chi connectivity index (χ2v) is 6.69. The number of anilines is 2. The predicted molar refractivity (Wildman–Crippen MR) is 105 cm³/mol. The molecule has 2 aromatic heterocycles. The van der Waals surface area contributed by atoms with Crippen LogP contribution in [0.25, 0.3) is 16.7 Å². The van der Waals surface area contributed by atoms with Crippen LogP contribution in [0, 0.1) is 18.3 Å². The summed E-state index contributed by atoms with van der Waals surface area (Å²) in [6.07, 6.45) is 0.818. The Labute approximate surface area is 156 Å². The fraction of sp³-hybridized carbons (Fsp3) is 0.143. The molecule has 0 aliphatic carbocycles. The predicted octanol–water partition coefficient (Wildman–Crippen LogP) is 5.05. The summed E-state index contributed by atoms with van der Waals surface area (Å²) < 4.78 is 2.11. The normalized spacial score (nSPS) is 11.0. The van der Waals surface area contributed by atoms with Gasteiger partial charge in [-0.15, -0.1) is 0 Å². The van der Waals surface area contributed by atoms with Gasteiger partial charge in [-0.2, -0.15) is 9.66 Å².